The monoisotopic (exact) mass is 273 g/mol. The van der Waals surface area contributed by atoms with Gasteiger partial charge >= 0.3 is 6.18 Å². The van der Waals surface area contributed by atoms with Gasteiger partial charge in [-0.05, 0) is 29.8 Å². The first-order valence-electron chi connectivity index (χ1n) is 5.22. The largest absolute Gasteiger partial charge is 0.416 e. The number of halogens is 5. The van der Waals surface area contributed by atoms with Crippen LogP contribution in [0.4, 0.5) is 27.6 Å². The standard InChI is InChI=1S/C13H8F5N/c14-10-6-5-9(11(15)12(10)19)7-1-3-8(4-2-7)13(16,17)18/h1-6H,19H2. The maximum atomic E-state index is 13.7. The van der Waals surface area contributed by atoms with E-state index in [2.05, 4.69) is 0 Å². The Kier molecular flexibility index (Phi) is 3.18. The molecule has 2 rings (SSSR count). The molecule has 0 bridgehead atoms. The van der Waals surface area contributed by atoms with Gasteiger partial charge in [-0.2, -0.15) is 13.2 Å². The molecule has 0 saturated carbocycles. The second kappa shape index (κ2) is 4.53. The molecule has 2 aromatic carbocycles. The number of nitrogens with two attached hydrogens (primary N) is 1. The van der Waals surface area contributed by atoms with E-state index in [-0.39, 0.29) is 11.1 Å². The van der Waals surface area contributed by atoms with Crippen LogP contribution in [0, 0.1) is 11.6 Å². The number of benzene rings is 2. The van der Waals surface area contributed by atoms with Gasteiger partial charge in [0.2, 0.25) is 0 Å². The van der Waals surface area contributed by atoms with Gasteiger partial charge in [0.1, 0.15) is 11.5 Å². The summed E-state index contributed by atoms with van der Waals surface area (Å²) in [7, 11) is 0. The summed E-state index contributed by atoms with van der Waals surface area (Å²) >= 11 is 0. The van der Waals surface area contributed by atoms with Gasteiger partial charge in [-0.3, -0.25) is 0 Å². The van der Waals surface area contributed by atoms with Gasteiger partial charge in [-0.15, -0.1) is 0 Å². The molecule has 0 aliphatic rings. The van der Waals surface area contributed by atoms with Crippen LogP contribution in [-0.4, -0.2) is 0 Å². The lowest BCUT2D eigenvalue weighted by atomic mass is 10.0. The Morgan fingerprint density at radius 2 is 1.42 bits per heavy atom. The average molecular weight is 273 g/mol. The maximum Gasteiger partial charge on any atom is 0.416 e. The summed E-state index contributed by atoms with van der Waals surface area (Å²) in [6.45, 7) is 0. The van der Waals surface area contributed by atoms with E-state index in [1.54, 1.807) is 0 Å². The Morgan fingerprint density at radius 3 is 1.95 bits per heavy atom. The van der Waals surface area contributed by atoms with Crippen LogP contribution >= 0.6 is 0 Å². The lowest BCUT2D eigenvalue weighted by Gasteiger charge is -2.09. The molecule has 0 unspecified atom stereocenters. The van der Waals surface area contributed by atoms with Gasteiger partial charge in [-0.1, -0.05) is 12.1 Å². The highest BCUT2D eigenvalue weighted by molar-refractivity contribution is 5.69. The number of hydrogen-bond acceptors (Lipinski definition) is 1. The molecule has 0 atom stereocenters. The van der Waals surface area contributed by atoms with E-state index in [4.69, 9.17) is 5.73 Å². The highest BCUT2D eigenvalue weighted by atomic mass is 19.4. The fourth-order valence-corrected chi connectivity index (χ4v) is 1.63. The van der Waals surface area contributed by atoms with Gasteiger partial charge in [0, 0.05) is 5.56 Å². The first kappa shape index (κ1) is 13.3. The smallest absolute Gasteiger partial charge is 0.394 e. The number of rotatable bonds is 1. The third-order valence-corrected chi connectivity index (χ3v) is 2.65. The zero-order valence-electron chi connectivity index (χ0n) is 9.43. The SMILES string of the molecule is Nc1c(F)ccc(-c2ccc(C(F)(F)F)cc2)c1F. The first-order chi connectivity index (χ1) is 8.80. The lowest BCUT2D eigenvalue weighted by molar-refractivity contribution is -0.137. The Morgan fingerprint density at radius 1 is 0.842 bits per heavy atom. The molecule has 0 aromatic heterocycles. The van der Waals surface area contributed by atoms with E-state index in [0.29, 0.717) is 0 Å². The predicted molar refractivity (Wildman–Crippen MR) is 61.2 cm³/mol. The van der Waals surface area contributed by atoms with Crippen molar-refractivity contribution in [1.82, 2.24) is 0 Å². The van der Waals surface area contributed by atoms with Crippen molar-refractivity contribution in [2.24, 2.45) is 0 Å². The van der Waals surface area contributed by atoms with Crippen molar-refractivity contribution < 1.29 is 22.0 Å². The van der Waals surface area contributed by atoms with Crippen LogP contribution < -0.4 is 5.73 Å². The van der Waals surface area contributed by atoms with Crippen LogP contribution in [0.15, 0.2) is 36.4 Å². The Labute approximate surface area is 105 Å². The van der Waals surface area contributed by atoms with Gasteiger partial charge < -0.3 is 5.73 Å². The topological polar surface area (TPSA) is 26.0 Å². The van der Waals surface area contributed by atoms with Crippen molar-refractivity contribution in [1.29, 1.82) is 0 Å². The molecule has 100 valence electrons. The molecule has 19 heavy (non-hydrogen) atoms. The normalized spacial score (nSPS) is 11.6. The molecule has 2 N–H and O–H groups in total. The fraction of sp³-hybridized carbons (Fsp3) is 0.0769. The van der Waals surface area contributed by atoms with Crippen LogP contribution in [0.1, 0.15) is 5.56 Å². The molecule has 2 aromatic rings. The number of alkyl halides is 3. The van der Waals surface area contributed by atoms with E-state index < -0.39 is 29.1 Å². The summed E-state index contributed by atoms with van der Waals surface area (Å²) in [4.78, 5) is 0. The minimum absolute atomic E-state index is 0.0485. The summed E-state index contributed by atoms with van der Waals surface area (Å²) < 4.78 is 63.8. The average Bonchev–Trinajstić information content (AvgIpc) is 2.35. The molecular formula is C13H8F5N. The van der Waals surface area contributed by atoms with E-state index in [0.717, 1.165) is 36.4 Å². The maximum absolute atomic E-state index is 13.7. The molecule has 0 amide bonds. The summed E-state index contributed by atoms with van der Waals surface area (Å²) in [6.07, 6.45) is -4.46. The quantitative estimate of drug-likeness (QED) is 0.610. The van der Waals surface area contributed by atoms with E-state index >= 15 is 0 Å². The van der Waals surface area contributed by atoms with Crippen molar-refractivity contribution in [2.45, 2.75) is 6.18 Å². The van der Waals surface area contributed by atoms with Gasteiger partial charge in [-0.25, -0.2) is 8.78 Å². The second-order valence-corrected chi connectivity index (χ2v) is 3.90. The molecular weight excluding hydrogens is 265 g/mol. The zero-order valence-corrected chi connectivity index (χ0v) is 9.43. The van der Waals surface area contributed by atoms with Crippen LogP contribution in [0.25, 0.3) is 11.1 Å². The van der Waals surface area contributed by atoms with Crippen LogP contribution in [0.3, 0.4) is 0 Å². The van der Waals surface area contributed by atoms with Crippen molar-refractivity contribution in [3.8, 4) is 11.1 Å². The Balaban J connectivity index is 2.46. The first-order valence-corrected chi connectivity index (χ1v) is 5.22. The highest BCUT2D eigenvalue weighted by Crippen LogP contribution is 2.32. The van der Waals surface area contributed by atoms with Crippen molar-refractivity contribution >= 4 is 5.69 Å². The van der Waals surface area contributed by atoms with Crippen molar-refractivity contribution in [2.75, 3.05) is 5.73 Å². The molecule has 0 saturated heterocycles. The molecule has 6 heteroatoms. The summed E-state index contributed by atoms with van der Waals surface area (Å²) in [5.74, 6) is -1.90. The predicted octanol–water partition coefficient (Wildman–Crippen LogP) is 4.23. The van der Waals surface area contributed by atoms with E-state index in [9.17, 15) is 22.0 Å². The molecule has 0 fully saturated rings. The van der Waals surface area contributed by atoms with Crippen molar-refractivity contribution in [3.05, 3.63) is 53.6 Å². The molecule has 0 aliphatic heterocycles. The summed E-state index contributed by atoms with van der Waals surface area (Å²) in [5.41, 5.74) is 3.84. The zero-order chi connectivity index (χ0) is 14.2. The highest BCUT2D eigenvalue weighted by Gasteiger charge is 2.30. The van der Waals surface area contributed by atoms with E-state index in [1.807, 2.05) is 0 Å². The lowest BCUT2D eigenvalue weighted by Crippen LogP contribution is -2.04. The minimum Gasteiger partial charge on any atom is -0.394 e. The minimum atomic E-state index is -4.46. The van der Waals surface area contributed by atoms with Gasteiger partial charge in [0.25, 0.3) is 0 Å². The molecule has 0 radical (unpaired) electrons. The molecule has 0 spiro atoms. The molecule has 0 aliphatic carbocycles. The third-order valence-electron chi connectivity index (χ3n) is 2.65. The Hall–Kier alpha value is -2.11. The Bertz CT molecular complexity index is 602. The van der Waals surface area contributed by atoms with Crippen LogP contribution in [0.2, 0.25) is 0 Å². The van der Waals surface area contributed by atoms with Gasteiger partial charge in [0.15, 0.2) is 5.82 Å². The second-order valence-electron chi connectivity index (χ2n) is 3.90. The van der Waals surface area contributed by atoms with Crippen LogP contribution in [-0.2, 0) is 6.18 Å². The van der Waals surface area contributed by atoms with E-state index in [1.165, 1.54) is 0 Å². The molecule has 1 nitrogen and oxygen atoms in total. The summed E-state index contributed by atoms with van der Waals surface area (Å²) in [5, 5.41) is 0. The van der Waals surface area contributed by atoms with Crippen LogP contribution in [0.5, 0.6) is 0 Å². The summed E-state index contributed by atoms with van der Waals surface area (Å²) in [6, 6.07) is 5.97. The third kappa shape index (κ3) is 2.52. The molecule has 0 heterocycles. The number of anilines is 1. The number of hydrogen-bond donors (Lipinski definition) is 1. The fourth-order valence-electron chi connectivity index (χ4n) is 1.63. The van der Waals surface area contributed by atoms with Crippen molar-refractivity contribution in [3.63, 3.8) is 0 Å². The van der Waals surface area contributed by atoms with Gasteiger partial charge in [0.05, 0.1) is 5.56 Å². The number of nitrogen functional groups attached to an aromatic ring is 1.